The number of furan rings is 1. The van der Waals surface area contributed by atoms with Gasteiger partial charge in [0, 0.05) is 0 Å². The van der Waals surface area contributed by atoms with Crippen LogP contribution in [0.4, 0.5) is 0 Å². The number of ketones is 1. The molecule has 0 atom stereocenters. The molecule has 1 N–H and O–H groups in total. The van der Waals surface area contributed by atoms with Crippen LogP contribution in [0.25, 0.3) is 0 Å². The van der Waals surface area contributed by atoms with E-state index in [1.807, 2.05) is 26.0 Å². The molecule has 0 aliphatic heterocycles. The number of carbonyl (C=O) groups is 1. The molecule has 2 aromatic heterocycles. The maximum absolute atomic E-state index is 12.8. The zero-order chi connectivity index (χ0) is 21.1. The number of hydrogen-bond acceptors (Lipinski definition) is 6. The fraction of sp³-hybridized carbons (Fsp3) is 0.227. The Hall–Kier alpha value is -3.79. The number of rotatable bonds is 6. The van der Waals surface area contributed by atoms with Gasteiger partial charge in [-0.1, -0.05) is 6.07 Å². The molecule has 1 aromatic carbocycles. The Morgan fingerprint density at radius 3 is 2.52 bits per heavy atom. The predicted octanol–water partition coefficient (Wildman–Crippen LogP) is 3.25. The van der Waals surface area contributed by atoms with Crippen molar-refractivity contribution in [1.82, 2.24) is 4.57 Å². The van der Waals surface area contributed by atoms with E-state index in [9.17, 15) is 20.0 Å². The van der Waals surface area contributed by atoms with Crippen LogP contribution in [0, 0.1) is 32.1 Å². The smallest absolute Gasteiger partial charge is 0.271 e. The first kappa shape index (κ1) is 20.0. The van der Waals surface area contributed by atoms with Crippen LogP contribution < -0.4 is 10.3 Å². The van der Waals surface area contributed by atoms with Crippen molar-refractivity contribution in [1.29, 1.82) is 5.26 Å². The lowest BCUT2D eigenvalue weighted by Crippen LogP contribution is -2.28. The van der Waals surface area contributed by atoms with Crippen molar-refractivity contribution >= 4 is 5.78 Å². The third-order valence-corrected chi connectivity index (χ3v) is 4.54. The van der Waals surface area contributed by atoms with E-state index in [0.717, 1.165) is 15.7 Å². The lowest BCUT2D eigenvalue weighted by atomic mass is 10.0. The highest BCUT2D eigenvalue weighted by Gasteiger charge is 2.24. The highest BCUT2D eigenvalue weighted by molar-refractivity contribution is 6.01. The minimum absolute atomic E-state index is 0.106. The molecule has 0 spiro atoms. The van der Waals surface area contributed by atoms with Gasteiger partial charge in [0.15, 0.2) is 6.61 Å². The van der Waals surface area contributed by atoms with E-state index in [1.54, 1.807) is 24.3 Å². The molecule has 0 saturated carbocycles. The van der Waals surface area contributed by atoms with E-state index in [0.29, 0.717) is 11.5 Å². The molecule has 0 fully saturated rings. The van der Waals surface area contributed by atoms with Gasteiger partial charge < -0.3 is 14.3 Å². The third-order valence-electron chi connectivity index (χ3n) is 4.54. The van der Waals surface area contributed by atoms with Gasteiger partial charge in [0.25, 0.3) is 5.56 Å². The van der Waals surface area contributed by atoms with Crippen molar-refractivity contribution < 1.29 is 19.1 Å². The van der Waals surface area contributed by atoms with Crippen molar-refractivity contribution in [3.05, 3.63) is 80.5 Å². The minimum Gasteiger partial charge on any atom is -0.494 e. The van der Waals surface area contributed by atoms with Crippen LogP contribution in [-0.4, -0.2) is 22.1 Å². The van der Waals surface area contributed by atoms with Gasteiger partial charge in [-0.25, -0.2) is 0 Å². The zero-order valence-electron chi connectivity index (χ0n) is 16.4. The summed E-state index contributed by atoms with van der Waals surface area (Å²) in [5.74, 6) is -0.127. The zero-order valence-corrected chi connectivity index (χ0v) is 16.4. The number of aryl methyl sites for hydroxylation is 2. The molecule has 0 saturated heterocycles. The number of benzene rings is 1. The number of carbonyl (C=O) groups excluding carboxylic acids is 1. The fourth-order valence-electron chi connectivity index (χ4n) is 3.23. The van der Waals surface area contributed by atoms with Gasteiger partial charge >= 0.3 is 0 Å². The summed E-state index contributed by atoms with van der Waals surface area (Å²) < 4.78 is 11.8. The van der Waals surface area contributed by atoms with Crippen LogP contribution in [0.2, 0.25) is 0 Å². The van der Waals surface area contributed by atoms with Gasteiger partial charge in [0.05, 0.1) is 18.4 Å². The van der Waals surface area contributed by atoms with E-state index in [1.165, 1.54) is 13.2 Å². The number of pyridine rings is 1. The standard InChI is InChI=1S/C22H20N2O5/c1-13-7-14(2)9-17(8-13)29-12-19(25)20-15(3)18(10-23)21(26)24(22(20)27)11-16-5-4-6-28-16/h4-9,27H,11-12H2,1-3H3. The van der Waals surface area contributed by atoms with Gasteiger partial charge in [0.2, 0.25) is 11.7 Å². The second-order valence-electron chi connectivity index (χ2n) is 6.82. The molecular formula is C22H20N2O5. The first-order valence-corrected chi connectivity index (χ1v) is 8.95. The first-order chi connectivity index (χ1) is 13.8. The third kappa shape index (κ3) is 4.06. The number of hydrogen-bond donors (Lipinski definition) is 1. The van der Waals surface area contributed by atoms with Crippen molar-refractivity contribution in [2.45, 2.75) is 27.3 Å². The molecule has 3 aromatic rings. The largest absolute Gasteiger partial charge is 0.494 e. The second-order valence-corrected chi connectivity index (χ2v) is 6.82. The van der Waals surface area contributed by atoms with Gasteiger partial charge in [-0.2, -0.15) is 5.26 Å². The summed E-state index contributed by atoms with van der Waals surface area (Å²) in [6.45, 7) is 4.84. The SMILES string of the molecule is Cc1cc(C)cc(OCC(=O)c2c(C)c(C#N)c(=O)n(Cc3ccco3)c2O)c1. The van der Waals surface area contributed by atoms with Crippen LogP contribution in [0.3, 0.4) is 0 Å². The average molecular weight is 392 g/mol. The summed E-state index contributed by atoms with van der Waals surface area (Å²) >= 11 is 0. The molecule has 0 unspecified atom stereocenters. The molecule has 0 aliphatic carbocycles. The Morgan fingerprint density at radius 2 is 1.93 bits per heavy atom. The second kappa shape index (κ2) is 8.07. The molecule has 148 valence electrons. The lowest BCUT2D eigenvalue weighted by Gasteiger charge is -2.15. The van der Waals surface area contributed by atoms with E-state index >= 15 is 0 Å². The molecular weight excluding hydrogens is 372 g/mol. The summed E-state index contributed by atoms with van der Waals surface area (Å²) in [5, 5.41) is 20.1. The average Bonchev–Trinajstić information content (AvgIpc) is 3.16. The molecule has 3 rings (SSSR count). The topological polar surface area (TPSA) is 105 Å². The van der Waals surface area contributed by atoms with Crippen molar-refractivity contribution in [3.63, 3.8) is 0 Å². The highest BCUT2D eigenvalue weighted by Crippen LogP contribution is 2.24. The number of nitrogens with zero attached hydrogens (tertiary/aromatic N) is 2. The summed E-state index contributed by atoms with van der Waals surface area (Å²) in [4.78, 5) is 25.4. The molecule has 0 bridgehead atoms. The predicted molar refractivity (Wildman–Crippen MR) is 105 cm³/mol. The highest BCUT2D eigenvalue weighted by atomic mass is 16.5. The molecule has 0 amide bonds. The summed E-state index contributed by atoms with van der Waals surface area (Å²) in [7, 11) is 0. The maximum Gasteiger partial charge on any atom is 0.271 e. The number of aromatic hydroxyl groups is 1. The quantitative estimate of drug-likeness (QED) is 0.646. The maximum atomic E-state index is 12.8. The van der Waals surface area contributed by atoms with Gasteiger partial charge in [0.1, 0.15) is 23.1 Å². The molecule has 0 aliphatic rings. The van der Waals surface area contributed by atoms with Crippen LogP contribution in [0.1, 0.15) is 38.4 Å². The lowest BCUT2D eigenvalue weighted by molar-refractivity contribution is 0.0916. The Morgan fingerprint density at radius 1 is 1.24 bits per heavy atom. The number of ether oxygens (including phenoxy) is 1. The fourth-order valence-corrected chi connectivity index (χ4v) is 3.23. The summed E-state index contributed by atoms with van der Waals surface area (Å²) in [6.07, 6.45) is 1.43. The monoisotopic (exact) mass is 392 g/mol. The number of Topliss-reactive ketones (excluding diaryl/α,β-unsaturated/α-hetero) is 1. The number of aromatic nitrogens is 1. The van der Waals surface area contributed by atoms with E-state index in [-0.39, 0.29) is 29.8 Å². The van der Waals surface area contributed by atoms with Gasteiger partial charge in [-0.05, 0) is 61.7 Å². The van der Waals surface area contributed by atoms with E-state index in [2.05, 4.69) is 0 Å². The molecule has 0 radical (unpaired) electrons. The van der Waals surface area contributed by atoms with Crippen molar-refractivity contribution in [3.8, 4) is 17.7 Å². The molecule has 2 heterocycles. The Kier molecular flexibility index (Phi) is 5.55. The number of nitriles is 1. The van der Waals surface area contributed by atoms with Crippen LogP contribution in [0.15, 0.2) is 45.8 Å². The van der Waals surface area contributed by atoms with Crippen LogP contribution >= 0.6 is 0 Å². The normalized spacial score (nSPS) is 10.6. The van der Waals surface area contributed by atoms with Gasteiger partial charge in [-0.15, -0.1) is 0 Å². The molecule has 7 nitrogen and oxygen atoms in total. The molecule has 7 heteroatoms. The van der Waals surface area contributed by atoms with E-state index < -0.39 is 17.2 Å². The van der Waals surface area contributed by atoms with Crippen LogP contribution in [-0.2, 0) is 6.54 Å². The Bertz CT molecular complexity index is 1150. The Labute approximate surface area is 167 Å². The van der Waals surface area contributed by atoms with Gasteiger partial charge in [-0.3, -0.25) is 14.2 Å². The van der Waals surface area contributed by atoms with Crippen molar-refractivity contribution in [2.75, 3.05) is 6.61 Å². The minimum atomic E-state index is -0.689. The van der Waals surface area contributed by atoms with Crippen LogP contribution in [0.5, 0.6) is 11.6 Å². The first-order valence-electron chi connectivity index (χ1n) is 8.95. The summed E-state index contributed by atoms with van der Waals surface area (Å²) in [6, 6.07) is 10.7. The van der Waals surface area contributed by atoms with E-state index in [4.69, 9.17) is 9.15 Å². The summed E-state index contributed by atoms with van der Waals surface area (Å²) in [5.41, 5.74) is 1.10. The Balaban J connectivity index is 1.98. The molecule has 29 heavy (non-hydrogen) atoms. The van der Waals surface area contributed by atoms with Crippen molar-refractivity contribution in [2.24, 2.45) is 0 Å².